The molecule has 3 nitrogen and oxygen atoms in total. The minimum Gasteiger partial charge on any atom is -0.460 e. The number of nitriles is 1. The van der Waals surface area contributed by atoms with Crippen LogP contribution in [0, 0.1) is 11.3 Å². The number of carbonyl (C=O) groups excluding carboxylic acids is 1. The van der Waals surface area contributed by atoms with E-state index >= 15 is 0 Å². The van der Waals surface area contributed by atoms with Crippen LogP contribution in [-0.4, -0.2) is 11.6 Å². The number of hydrogen-bond donors (Lipinski definition) is 0. The predicted molar refractivity (Wildman–Crippen MR) is 65.7 cm³/mol. The highest BCUT2D eigenvalue weighted by Gasteiger charge is 2.17. The molecule has 0 spiro atoms. The van der Waals surface area contributed by atoms with E-state index in [1.165, 1.54) is 0 Å². The second-order valence-corrected chi connectivity index (χ2v) is 5.09. The average Bonchev–Trinajstić information content (AvgIpc) is 2.18. The minimum absolute atomic E-state index is 0.113. The Bertz CT molecular complexity index is 469. The smallest absolute Gasteiger partial charge is 0.310 e. The maximum Gasteiger partial charge on any atom is 0.310 e. The van der Waals surface area contributed by atoms with E-state index in [1.54, 1.807) is 18.2 Å². The molecule has 0 bridgehead atoms. The predicted octanol–water partition coefficient (Wildman–Crippen LogP) is 3.10. The van der Waals surface area contributed by atoms with Crippen molar-refractivity contribution in [3.63, 3.8) is 0 Å². The molecule has 1 rings (SSSR count). The van der Waals surface area contributed by atoms with E-state index in [4.69, 9.17) is 21.6 Å². The number of nitrogens with zero attached hydrogens (tertiary/aromatic N) is 1. The molecule has 0 aromatic heterocycles. The number of carbonyl (C=O) groups is 1. The van der Waals surface area contributed by atoms with Crippen molar-refractivity contribution in [3.8, 4) is 6.07 Å². The largest absolute Gasteiger partial charge is 0.460 e. The molecule has 90 valence electrons. The summed E-state index contributed by atoms with van der Waals surface area (Å²) in [5, 5.41) is 9.10. The number of benzene rings is 1. The second-order valence-electron chi connectivity index (χ2n) is 4.68. The van der Waals surface area contributed by atoms with Crippen LogP contribution in [0.25, 0.3) is 0 Å². The van der Waals surface area contributed by atoms with Crippen molar-refractivity contribution in [1.82, 2.24) is 0 Å². The van der Waals surface area contributed by atoms with Crippen LogP contribution in [0.1, 0.15) is 31.9 Å². The van der Waals surface area contributed by atoms with Crippen LogP contribution in [0.2, 0.25) is 5.02 Å². The quantitative estimate of drug-likeness (QED) is 0.759. The van der Waals surface area contributed by atoms with Crippen molar-refractivity contribution >= 4 is 17.6 Å². The highest BCUT2D eigenvalue weighted by Crippen LogP contribution is 2.19. The molecule has 1 aromatic rings. The Morgan fingerprint density at radius 3 is 2.59 bits per heavy atom. The van der Waals surface area contributed by atoms with Gasteiger partial charge < -0.3 is 4.74 Å². The lowest BCUT2D eigenvalue weighted by atomic mass is 10.1. The molecule has 0 radical (unpaired) electrons. The zero-order valence-corrected chi connectivity index (χ0v) is 10.8. The van der Waals surface area contributed by atoms with Crippen molar-refractivity contribution in [2.75, 3.05) is 0 Å². The number of hydrogen-bond acceptors (Lipinski definition) is 3. The lowest BCUT2D eigenvalue weighted by molar-refractivity contribution is -0.153. The van der Waals surface area contributed by atoms with Crippen LogP contribution in [0.3, 0.4) is 0 Å². The summed E-state index contributed by atoms with van der Waals surface area (Å²) in [6.45, 7) is 5.43. The summed E-state index contributed by atoms with van der Waals surface area (Å²) in [5.41, 5.74) is 0.638. The Labute approximate surface area is 106 Å². The first kappa shape index (κ1) is 13.5. The Morgan fingerprint density at radius 2 is 2.12 bits per heavy atom. The van der Waals surface area contributed by atoms with Gasteiger partial charge in [-0.1, -0.05) is 17.7 Å². The molecule has 0 heterocycles. The van der Waals surface area contributed by atoms with E-state index in [1.807, 2.05) is 26.8 Å². The number of rotatable bonds is 2. The van der Waals surface area contributed by atoms with Gasteiger partial charge in [0.2, 0.25) is 0 Å². The summed E-state index contributed by atoms with van der Waals surface area (Å²) < 4.78 is 5.19. The summed E-state index contributed by atoms with van der Waals surface area (Å²) >= 11 is 5.96. The Balaban J connectivity index is 2.76. The van der Waals surface area contributed by atoms with E-state index in [2.05, 4.69) is 0 Å². The van der Waals surface area contributed by atoms with Gasteiger partial charge in [0.25, 0.3) is 0 Å². The third kappa shape index (κ3) is 4.46. The minimum atomic E-state index is -0.504. The summed E-state index contributed by atoms with van der Waals surface area (Å²) in [7, 11) is 0. The first-order valence-corrected chi connectivity index (χ1v) is 5.60. The molecular formula is C13H14ClNO2. The lowest BCUT2D eigenvalue weighted by Gasteiger charge is -2.19. The fourth-order valence-corrected chi connectivity index (χ4v) is 1.54. The zero-order valence-electron chi connectivity index (χ0n) is 10.1. The number of halogens is 1. The molecule has 0 saturated carbocycles. The van der Waals surface area contributed by atoms with Crippen LogP contribution in [0.5, 0.6) is 0 Å². The van der Waals surface area contributed by atoms with Gasteiger partial charge in [-0.05, 0) is 38.5 Å². The summed E-state index contributed by atoms with van der Waals surface area (Å²) in [5.74, 6) is -0.330. The first-order valence-electron chi connectivity index (χ1n) is 5.22. The molecule has 1 aromatic carbocycles. The third-order valence-corrected chi connectivity index (χ3v) is 2.29. The first-order chi connectivity index (χ1) is 7.81. The van der Waals surface area contributed by atoms with Crippen molar-refractivity contribution in [2.24, 2.45) is 0 Å². The monoisotopic (exact) mass is 251 g/mol. The average molecular weight is 252 g/mol. The second kappa shape index (κ2) is 5.20. The standard InChI is InChI=1S/C13H14ClNO2/c1-13(2,3)17-12(16)7-10-5-4-9(8-15)6-11(10)14/h4-6H,7H2,1-3H3. The molecule has 0 saturated heterocycles. The van der Waals surface area contributed by atoms with Gasteiger partial charge in [0, 0.05) is 5.02 Å². The highest BCUT2D eigenvalue weighted by atomic mass is 35.5. The van der Waals surface area contributed by atoms with Gasteiger partial charge in [0.15, 0.2) is 0 Å². The molecule has 0 aliphatic rings. The summed E-state index contributed by atoms with van der Waals surface area (Å²) in [6, 6.07) is 6.83. The zero-order chi connectivity index (χ0) is 13.1. The SMILES string of the molecule is CC(C)(C)OC(=O)Cc1ccc(C#N)cc1Cl. The molecule has 0 aliphatic heterocycles. The van der Waals surface area contributed by atoms with Crippen molar-refractivity contribution in [3.05, 3.63) is 34.3 Å². The van der Waals surface area contributed by atoms with E-state index in [0.717, 1.165) is 0 Å². The fraction of sp³-hybridized carbons (Fsp3) is 0.385. The third-order valence-electron chi connectivity index (χ3n) is 1.94. The number of esters is 1. The molecule has 0 N–H and O–H groups in total. The van der Waals surface area contributed by atoms with Gasteiger partial charge in [-0.25, -0.2) is 0 Å². The summed E-state index contributed by atoms with van der Waals surface area (Å²) in [4.78, 5) is 11.6. The number of ether oxygens (including phenoxy) is 1. The molecule has 4 heteroatoms. The maximum atomic E-state index is 11.6. The molecule has 17 heavy (non-hydrogen) atoms. The lowest BCUT2D eigenvalue weighted by Crippen LogP contribution is -2.25. The molecular weight excluding hydrogens is 238 g/mol. The van der Waals surface area contributed by atoms with E-state index < -0.39 is 5.60 Å². The van der Waals surface area contributed by atoms with Crippen LogP contribution < -0.4 is 0 Å². The summed E-state index contributed by atoms with van der Waals surface area (Å²) in [6.07, 6.45) is 0.113. The molecule has 0 unspecified atom stereocenters. The van der Waals surface area contributed by atoms with Crippen molar-refractivity contribution in [2.45, 2.75) is 32.8 Å². The Morgan fingerprint density at radius 1 is 1.47 bits per heavy atom. The van der Waals surface area contributed by atoms with Crippen molar-refractivity contribution < 1.29 is 9.53 Å². The van der Waals surface area contributed by atoms with Crippen molar-refractivity contribution in [1.29, 1.82) is 5.26 Å². The normalized spacial score (nSPS) is 10.8. The topological polar surface area (TPSA) is 50.1 Å². The van der Waals surface area contributed by atoms with Gasteiger partial charge in [0.1, 0.15) is 5.60 Å². The highest BCUT2D eigenvalue weighted by molar-refractivity contribution is 6.31. The van der Waals surface area contributed by atoms with Crippen LogP contribution >= 0.6 is 11.6 Å². The van der Waals surface area contributed by atoms with E-state index in [9.17, 15) is 4.79 Å². The molecule has 0 fully saturated rings. The van der Waals surface area contributed by atoms with Crippen LogP contribution in [0.4, 0.5) is 0 Å². The fourth-order valence-electron chi connectivity index (χ4n) is 1.29. The van der Waals surface area contributed by atoms with E-state index in [0.29, 0.717) is 16.1 Å². The molecule has 0 atom stereocenters. The Kier molecular flexibility index (Phi) is 4.14. The van der Waals surface area contributed by atoms with Crippen LogP contribution in [0.15, 0.2) is 18.2 Å². The van der Waals surface area contributed by atoms with Crippen LogP contribution in [-0.2, 0) is 16.0 Å². The van der Waals surface area contributed by atoms with Gasteiger partial charge in [-0.3, -0.25) is 4.79 Å². The molecule has 0 aliphatic carbocycles. The van der Waals surface area contributed by atoms with Gasteiger partial charge in [-0.2, -0.15) is 5.26 Å². The maximum absolute atomic E-state index is 11.6. The Hall–Kier alpha value is -1.53. The van der Waals surface area contributed by atoms with Gasteiger partial charge >= 0.3 is 5.97 Å². The van der Waals surface area contributed by atoms with Gasteiger partial charge in [-0.15, -0.1) is 0 Å². The van der Waals surface area contributed by atoms with E-state index in [-0.39, 0.29) is 12.4 Å². The van der Waals surface area contributed by atoms with Gasteiger partial charge in [0.05, 0.1) is 18.1 Å². The molecule has 0 amide bonds.